The lowest BCUT2D eigenvalue weighted by Crippen LogP contribution is -2.27. The highest BCUT2D eigenvalue weighted by Gasteiger charge is 2.06. The molecule has 0 spiro atoms. The summed E-state index contributed by atoms with van der Waals surface area (Å²) in [5.74, 6) is -0.0215. The molecule has 0 fully saturated rings. The molecule has 0 heterocycles. The molecule has 0 aromatic rings. The van der Waals surface area contributed by atoms with Crippen molar-refractivity contribution in [3.63, 3.8) is 0 Å². The van der Waals surface area contributed by atoms with Crippen LogP contribution in [0.2, 0.25) is 0 Å². The van der Waals surface area contributed by atoms with Crippen LogP contribution in [0.25, 0.3) is 0 Å². The molecule has 4 nitrogen and oxygen atoms in total. The van der Waals surface area contributed by atoms with E-state index < -0.39 is 0 Å². The van der Waals surface area contributed by atoms with E-state index in [0.29, 0.717) is 26.2 Å². The van der Waals surface area contributed by atoms with Crippen LogP contribution in [0.3, 0.4) is 0 Å². The summed E-state index contributed by atoms with van der Waals surface area (Å²) in [4.78, 5) is 10.5. The lowest BCUT2D eigenvalue weighted by molar-refractivity contribution is -0.139. The van der Waals surface area contributed by atoms with Crippen LogP contribution in [0, 0.1) is 0 Å². The predicted molar refractivity (Wildman–Crippen MR) is 50.3 cm³/mol. The Bertz CT molecular complexity index is 133. The summed E-state index contributed by atoms with van der Waals surface area (Å²) in [5.41, 5.74) is 0. The first-order valence-corrected chi connectivity index (χ1v) is 4.68. The first-order chi connectivity index (χ1) is 6.20. The molecule has 0 saturated heterocycles. The van der Waals surface area contributed by atoms with Crippen molar-refractivity contribution >= 4 is 5.91 Å². The zero-order valence-corrected chi connectivity index (χ0v) is 8.63. The third-order valence-corrected chi connectivity index (χ3v) is 1.46. The Labute approximate surface area is 79.6 Å². The van der Waals surface area contributed by atoms with Crippen LogP contribution in [0.4, 0.5) is 0 Å². The van der Waals surface area contributed by atoms with Gasteiger partial charge >= 0.3 is 0 Å². The molecule has 13 heavy (non-hydrogen) atoms. The van der Waals surface area contributed by atoms with Crippen molar-refractivity contribution in [1.82, 2.24) is 5.32 Å². The molecule has 1 N–H and O–H groups in total. The van der Waals surface area contributed by atoms with E-state index >= 15 is 0 Å². The van der Waals surface area contributed by atoms with Crippen molar-refractivity contribution in [3.8, 4) is 0 Å². The molecular formula is C9H19NO3. The van der Waals surface area contributed by atoms with Gasteiger partial charge in [-0.3, -0.25) is 4.79 Å². The van der Waals surface area contributed by atoms with Crippen LogP contribution in [0.5, 0.6) is 0 Å². The molecule has 0 saturated carbocycles. The maximum Gasteiger partial charge on any atom is 0.216 e. The molecule has 0 aromatic heterocycles. The standard InChI is InChI=1S/C9H19NO3/c1-4-12-9(13-5-2)6-7-10-8(3)11/h9H,4-7H2,1-3H3,(H,10,11). The zero-order valence-electron chi connectivity index (χ0n) is 8.63. The van der Waals surface area contributed by atoms with Gasteiger partial charge in [-0.25, -0.2) is 0 Å². The minimum Gasteiger partial charge on any atom is -0.356 e. The second kappa shape index (κ2) is 8.01. The van der Waals surface area contributed by atoms with Crippen molar-refractivity contribution < 1.29 is 14.3 Å². The Balaban J connectivity index is 3.49. The van der Waals surface area contributed by atoms with Gasteiger partial charge in [0.25, 0.3) is 0 Å². The third kappa shape index (κ3) is 7.74. The number of carbonyl (C=O) groups is 1. The second-order valence-corrected chi connectivity index (χ2v) is 2.61. The highest BCUT2D eigenvalue weighted by atomic mass is 16.7. The summed E-state index contributed by atoms with van der Waals surface area (Å²) >= 11 is 0. The average molecular weight is 189 g/mol. The van der Waals surface area contributed by atoms with Crippen molar-refractivity contribution in [2.75, 3.05) is 19.8 Å². The SMILES string of the molecule is CCOC(CCNC(C)=O)OCC. The lowest BCUT2D eigenvalue weighted by Gasteiger charge is -2.16. The quantitative estimate of drug-likeness (QED) is 0.606. The van der Waals surface area contributed by atoms with Gasteiger partial charge in [0.2, 0.25) is 5.91 Å². The normalized spacial score (nSPS) is 10.5. The monoisotopic (exact) mass is 189 g/mol. The van der Waals surface area contributed by atoms with Crippen LogP contribution in [0.1, 0.15) is 27.2 Å². The van der Waals surface area contributed by atoms with E-state index in [1.807, 2.05) is 13.8 Å². The summed E-state index contributed by atoms with van der Waals surface area (Å²) in [5, 5.41) is 2.69. The minimum absolute atomic E-state index is 0.0215. The Morgan fingerprint density at radius 3 is 2.23 bits per heavy atom. The maximum atomic E-state index is 10.5. The van der Waals surface area contributed by atoms with Gasteiger partial charge in [0, 0.05) is 33.1 Å². The Morgan fingerprint density at radius 2 is 1.85 bits per heavy atom. The highest BCUT2D eigenvalue weighted by molar-refractivity contribution is 5.72. The summed E-state index contributed by atoms with van der Waals surface area (Å²) in [6, 6.07) is 0. The smallest absolute Gasteiger partial charge is 0.216 e. The van der Waals surface area contributed by atoms with Crippen molar-refractivity contribution in [2.45, 2.75) is 33.5 Å². The molecule has 78 valence electrons. The molecule has 0 aliphatic rings. The van der Waals surface area contributed by atoms with E-state index in [0.717, 1.165) is 0 Å². The number of amides is 1. The lowest BCUT2D eigenvalue weighted by atomic mass is 10.4. The first-order valence-electron chi connectivity index (χ1n) is 4.68. The van der Waals surface area contributed by atoms with Gasteiger partial charge in [-0.2, -0.15) is 0 Å². The second-order valence-electron chi connectivity index (χ2n) is 2.61. The van der Waals surface area contributed by atoms with E-state index in [4.69, 9.17) is 9.47 Å². The van der Waals surface area contributed by atoms with Crippen LogP contribution in [-0.2, 0) is 14.3 Å². The highest BCUT2D eigenvalue weighted by Crippen LogP contribution is 1.99. The molecular weight excluding hydrogens is 170 g/mol. The van der Waals surface area contributed by atoms with Gasteiger partial charge in [0.15, 0.2) is 6.29 Å². The fourth-order valence-electron chi connectivity index (χ4n) is 0.953. The van der Waals surface area contributed by atoms with Crippen LogP contribution < -0.4 is 5.32 Å². The van der Waals surface area contributed by atoms with Gasteiger partial charge < -0.3 is 14.8 Å². The van der Waals surface area contributed by atoms with Gasteiger partial charge in [-0.05, 0) is 13.8 Å². The first kappa shape index (κ1) is 12.4. The van der Waals surface area contributed by atoms with Gasteiger partial charge in [0.1, 0.15) is 0 Å². The fraction of sp³-hybridized carbons (Fsp3) is 0.889. The summed E-state index contributed by atoms with van der Waals surface area (Å²) < 4.78 is 10.6. The minimum atomic E-state index is -0.193. The van der Waals surface area contributed by atoms with Crippen molar-refractivity contribution in [2.24, 2.45) is 0 Å². The third-order valence-electron chi connectivity index (χ3n) is 1.46. The van der Waals surface area contributed by atoms with E-state index in [1.54, 1.807) is 0 Å². The molecule has 4 heteroatoms. The van der Waals surface area contributed by atoms with E-state index in [1.165, 1.54) is 6.92 Å². The number of carbonyl (C=O) groups excluding carboxylic acids is 1. The number of nitrogens with one attached hydrogen (secondary N) is 1. The molecule has 0 aliphatic carbocycles. The molecule has 0 atom stereocenters. The molecule has 0 unspecified atom stereocenters. The molecule has 1 amide bonds. The number of hydrogen-bond acceptors (Lipinski definition) is 3. The Kier molecular flexibility index (Phi) is 7.63. The van der Waals surface area contributed by atoms with Gasteiger partial charge in [-0.15, -0.1) is 0 Å². The van der Waals surface area contributed by atoms with E-state index in [2.05, 4.69) is 5.32 Å². The number of hydrogen-bond donors (Lipinski definition) is 1. The number of ether oxygens (including phenoxy) is 2. The molecule has 0 aliphatic heterocycles. The number of rotatable bonds is 7. The fourth-order valence-corrected chi connectivity index (χ4v) is 0.953. The van der Waals surface area contributed by atoms with Gasteiger partial charge in [0.05, 0.1) is 0 Å². The summed E-state index contributed by atoms with van der Waals surface area (Å²) in [6.45, 7) is 7.20. The van der Waals surface area contributed by atoms with E-state index in [-0.39, 0.29) is 12.2 Å². The van der Waals surface area contributed by atoms with Crippen LogP contribution >= 0.6 is 0 Å². The predicted octanol–water partition coefficient (Wildman–Crippen LogP) is 0.912. The van der Waals surface area contributed by atoms with E-state index in [9.17, 15) is 4.79 Å². The summed E-state index contributed by atoms with van der Waals surface area (Å²) in [7, 11) is 0. The van der Waals surface area contributed by atoms with Gasteiger partial charge in [-0.1, -0.05) is 0 Å². The average Bonchev–Trinajstić information content (AvgIpc) is 2.04. The Morgan fingerprint density at radius 1 is 1.31 bits per heavy atom. The van der Waals surface area contributed by atoms with Crippen molar-refractivity contribution in [3.05, 3.63) is 0 Å². The summed E-state index contributed by atoms with van der Waals surface area (Å²) in [6.07, 6.45) is 0.503. The van der Waals surface area contributed by atoms with Crippen LogP contribution in [0.15, 0.2) is 0 Å². The maximum absolute atomic E-state index is 10.5. The largest absolute Gasteiger partial charge is 0.356 e. The molecule has 0 rings (SSSR count). The van der Waals surface area contributed by atoms with Crippen molar-refractivity contribution in [1.29, 1.82) is 0 Å². The topological polar surface area (TPSA) is 47.6 Å². The molecule has 0 radical (unpaired) electrons. The Hall–Kier alpha value is -0.610. The van der Waals surface area contributed by atoms with Crippen LogP contribution in [-0.4, -0.2) is 32.0 Å². The zero-order chi connectivity index (χ0) is 10.1. The molecule has 0 bridgehead atoms. The molecule has 0 aromatic carbocycles.